The number of nitrogens with one attached hydrogen (secondary N) is 2. The summed E-state index contributed by atoms with van der Waals surface area (Å²) in [5.41, 5.74) is 10.1. The summed E-state index contributed by atoms with van der Waals surface area (Å²) in [4.78, 5) is 53.2. The molecule has 4 aliphatic heterocycles. The smallest absolute Gasteiger partial charge is 0.255 e. The number of fused-ring (bicyclic) bond motifs is 2. The highest BCUT2D eigenvalue weighted by molar-refractivity contribution is 6.04. The first-order chi connectivity index (χ1) is 29.6. The van der Waals surface area contributed by atoms with E-state index in [-0.39, 0.29) is 36.3 Å². The Morgan fingerprint density at radius 2 is 1.56 bits per heavy atom. The Hall–Kier alpha value is -6.33. The van der Waals surface area contributed by atoms with Crippen LogP contribution in [0.5, 0.6) is 23.0 Å². The molecule has 0 spiro atoms. The molecule has 61 heavy (non-hydrogen) atoms. The summed E-state index contributed by atoms with van der Waals surface area (Å²) >= 11 is 0. The number of benzene rings is 3. The fourth-order valence-electron chi connectivity index (χ4n) is 9.83. The number of nitrogens with zero attached hydrogens (tertiary/aromatic N) is 7. The summed E-state index contributed by atoms with van der Waals surface area (Å²) in [6.07, 6.45) is 4.01. The zero-order valence-corrected chi connectivity index (χ0v) is 33.9. The van der Waals surface area contributed by atoms with Crippen molar-refractivity contribution >= 4 is 40.3 Å². The summed E-state index contributed by atoms with van der Waals surface area (Å²) in [5, 5.41) is 10.9. The molecular formula is C44H47FN10O6. The number of amides is 3. The maximum atomic E-state index is 14.7. The van der Waals surface area contributed by atoms with E-state index < -0.39 is 23.7 Å². The number of anilines is 2. The lowest BCUT2D eigenvalue weighted by Gasteiger charge is -2.54. The molecule has 0 radical (unpaired) electrons. The number of carbonyl (C=O) groups excluding carboxylic acids is 3. The Balaban J connectivity index is 0.728. The standard InChI is InChI=1S/C44H47FN10O6/c1-59-34-4-3-5-35(39(34)45)61-31-9-6-24(7-10-31)40-38-41(46)47-23-48-42(38)55(51-40)28-14-25-17-52(18-26(25)15-28)29-21-54(22-29)30-19-53(20-30)27-8-11-32(36(16-27)60-2)43(57)49-33-12-13-37(56)50-44(33)58/h3-11,16,23,25-26,28-30,33H,12-15,17-22H2,1-2H3,(H,49,57)(H2,46,47,48)(H,50,56,58). The van der Waals surface area contributed by atoms with Crippen LogP contribution in [0.4, 0.5) is 15.9 Å². The van der Waals surface area contributed by atoms with Crippen molar-refractivity contribution in [2.75, 3.05) is 64.1 Å². The molecule has 10 rings (SSSR count). The Labute approximate surface area is 351 Å². The van der Waals surface area contributed by atoms with Gasteiger partial charge in [0, 0.05) is 75.1 Å². The van der Waals surface area contributed by atoms with Crippen molar-refractivity contribution < 1.29 is 33.0 Å². The molecule has 4 saturated heterocycles. The molecule has 1 saturated carbocycles. The SMILES string of the molecule is COc1cc(N2CC(N3CC(N4CC5CC(n6nc(-c7ccc(Oc8cccc(OC)c8F)cc7)c7c(N)ncnc76)CC5C4)C3)C2)ccc1C(=O)NC1CCC(=O)NC1=O. The Morgan fingerprint density at radius 3 is 2.28 bits per heavy atom. The van der Waals surface area contributed by atoms with Gasteiger partial charge in [0.2, 0.25) is 17.6 Å². The van der Waals surface area contributed by atoms with Gasteiger partial charge in [-0.25, -0.2) is 14.6 Å². The van der Waals surface area contributed by atoms with Crippen LogP contribution < -0.4 is 35.5 Å². The average Bonchev–Trinajstić information content (AvgIpc) is 3.93. The first kappa shape index (κ1) is 38.8. The summed E-state index contributed by atoms with van der Waals surface area (Å²) < 4.78 is 33.3. The first-order valence-corrected chi connectivity index (χ1v) is 20.8. The third-order valence-electron chi connectivity index (χ3n) is 13.2. The Bertz CT molecular complexity index is 2510. The van der Waals surface area contributed by atoms with Gasteiger partial charge in [0.25, 0.3) is 5.91 Å². The van der Waals surface area contributed by atoms with E-state index in [0.717, 1.165) is 74.4 Å². The van der Waals surface area contributed by atoms with Crippen LogP contribution in [0.15, 0.2) is 67.0 Å². The number of hydrogen-bond acceptors (Lipinski definition) is 13. The van der Waals surface area contributed by atoms with Crippen molar-refractivity contribution in [3.8, 4) is 34.3 Å². The number of aromatic nitrogens is 4. The first-order valence-electron chi connectivity index (χ1n) is 20.8. The summed E-state index contributed by atoms with van der Waals surface area (Å²) in [5.74, 6) is 0.861. The van der Waals surface area contributed by atoms with Gasteiger partial charge in [0.05, 0.1) is 31.2 Å². The molecule has 6 heterocycles. The molecule has 3 unspecified atom stereocenters. The molecule has 316 valence electrons. The topological polar surface area (TPSA) is 182 Å². The molecule has 4 N–H and O–H groups in total. The lowest BCUT2D eigenvalue weighted by Crippen LogP contribution is -2.69. The van der Waals surface area contributed by atoms with Crippen LogP contribution in [0.1, 0.15) is 42.1 Å². The lowest BCUT2D eigenvalue weighted by atomic mass is 9.97. The van der Waals surface area contributed by atoms with E-state index in [2.05, 4.69) is 40.0 Å². The van der Waals surface area contributed by atoms with Gasteiger partial charge in [-0.1, -0.05) is 6.07 Å². The van der Waals surface area contributed by atoms with Crippen molar-refractivity contribution in [2.24, 2.45) is 11.8 Å². The van der Waals surface area contributed by atoms with Gasteiger partial charge in [0.15, 0.2) is 17.1 Å². The molecule has 1 aliphatic carbocycles. The van der Waals surface area contributed by atoms with Crippen LogP contribution in [-0.2, 0) is 9.59 Å². The van der Waals surface area contributed by atoms with Gasteiger partial charge in [0.1, 0.15) is 35.4 Å². The van der Waals surface area contributed by atoms with Gasteiger partial charge in [-0.2, -0.15) is 9.49 Å². The normalized spacial score (nSPS) is 23.4. The highest BCUT2D eigenvalue weighted by atomic mass is 19.1. The number of methoxy groups -OCH3 is 2. The quantitative estimate of drug-likeness (QED) is 0.163. The molecule has 3 amide bonds. The van der Waals surface area contributed by atoms with E-state index in [1.165, 1.54) is 20.5 Å². The molecule has 3 aromatic carbocycles. The molecule has 0 bridgehead atoms. The van der Waals surface area contributed by atoms with Crippen molar-refractivity contribution in [3.63, 3.8) is 0 Å². The van der Waals surface area contributed by atoms with Crippen molar-refractivity contribution in [2.45, 2.75) is 49.9 Å². The minimum atomic E-state index is -0.753. The molecule has 5 fully saturated rings. The number of nitrogens with two attached hydrogens (primary N) is 1. The fourth-order valence-corrected chi connectivity index (χ4v) is 9.83. The Morgan fingerprint density at radius 1 is 0.852 bits per heavy atom. The monoisotopic (exact) mass is 830 g/mol. The summed E-state index contributed by atoms with van der Waals surface area (Å²) in [7, 11) is 2.95. The van der Waals surface area contributed by atoms with Gasteiger partial charge < -0.3 is 30.2 Å². The molecule has 5 aromatic rings. The van der Waals surface area contributed by atoms with Gasteiger partial charge in [-0.05, 0) is 79.6 Å². The van der Waals surface area contributed by atoms with E-state index in [9.17, 15) is 18.8 Å². The summed E-state index contributed by atoms with van der Waals surface area (Å²) in [6, 6.07) is 18.1. The molecule has 16 nitrogen and oxygen atoms in total. The maximum absolute atomic E-state index is 14.7. The van der Waals surface area contributed by atoms with Gasteiger partial charge >= 0.3 is 0 Å². The van der Waals surface area contributed by atoms with E-state index in [1.807, 2.05) is 24.3 Å². The van der Waals surface area contributed by atoms with E-state index in [4.69, 9.17) is 25.0 Å². The average molecular weight is 831 g/mol. The predicted octanol–water partition coefficient (Wildman–Crippen LogP) is 4.02. The number of hydrogen-bond donors (Lipinski definition) is 3. The van der Waals surface area contributed by atoms with Crippen LogP contribution in [-0.4, -0.2) is 119 Å². The number of imide groups is 1. The zero-order valence-electron chi connectivity index (χ0n) is 33.9. The third kappa shape index (κ3) is 7.14. The van der Waals surface area contributed by atoms with Gasteiger partial charge in [-0.3, -0.25) is 29.5 Å². The third-order valence-corrected chi connectivity index (χ3v) is 13.2. The van der Waals surface area contributed by atoms with Crippen LogP contribution in [0, 0.1) is 17.7 Å². The molecule has 5 aliphatic rings. The molecule has 17 heteroatoms. The number of likely N-dealkylation sites (tertiary alicyclic amines) is 2. The number of piperidine rings is 1. The number of halogens is 1. The number of carbonyl (C=O) groups is 3. The van der Waals surface area contributed by atoms with Crippen molar-refractivity contribution in [3.05, 3.63) is 78.4 Å². The van der Waals surface area contributed by atoms with Crippen LogP contribution in [0.3, 0.4) is 0 Å². The number of ether oxygens (including phenoxy) is 3. The predicted molar refractivity (Wildman–Crippen MR) is 223 cm³/mol. The minimum Gasteiger partial charge on any atom is -0.496 e. The second-order valence-corrected chi connectivity index (χ2v) is 16.8. The van der Waals surface area contributed by atoms with Crippen LogP contribution in [0.25, 0.3) is 22.3 Å². The fraction of sp³-hybridized carbons (Fsp3) is 0.409. The van der Waals surface area contributed by atoms with E-state index in [0.29, 0.717) is 52.5 Å². The number of nitrogen functional groups attached to an aromatic ring is 1. The van der Waals surface area contributed by atoms with Crippen molar-refractivity contribution in [1.29, 1.82) is 0 Å². The highest BCUT2D eigenvalue weighted by Gasteiger charge is 2.48. The van der Waals surface area contributed by atoms with E-state index in [1.54, 1.807) is 36.4 Å². The number of rotatable bonds is 11. The van der Waals surface area contributed by atoms with E-state index >= 15 is 0 Å². The van der Waals surface area contributed by atoms with Crippen molar-refractivity contribution in [1.82, 2.24) is 40.2 Å². The van der Waals surface area contributed by atoms with Crippen LogP contribution in [0.2, 0.25) is 0 Å². The molecule has 2 aromatic heterocycles. The van der Waals surface area contributed by atoms with Gasteiger partial charge in [-0.15, -0.1) is 0 Å². The highest BCUT2D eigenvalue weighted by Crippen LogP contribution is 2.47. The summed E-state index contributed by atoms with van der Waals surface area (Å²) in [6.45, 7) is 6.09. The zero-order chi connectivity index (χ0) is 41.9. The molecule has 3 atom stereocenters. The Kier molecular flexibility index (Phi) is 9.94. The minimum absolute atomic E-state index is 0.0764. The lowest BCUT2D eigenvalue weighted by molar-refractivity contribution is -0.134. The maximum Gasteiger partial charge on any atom is 0.255 e. The largest absolute Gasteiger partial charge is 0.496 e. The molecular weight excluding hydrogens is 784 g/mol. The second kappa shape index (κ2) is 15.6. The second-order valence-electron chi connectivity index (χ2n) is 16.8. The van der Waals surface area contributed by atoms with Crippen LogP contribution >= 0.6 is 0 Å².